The molecule has 0 aromatic carbocycles. The van der Waals surface area contributed by atoms with Crippen LogP contribution in [-0.2, 0) is 22.4 Å². The number of carbonyl (C=O) groups excluding carboxylic acids is 2. The first-order valence-electron chi connectivity index (χ1n) is 8.74. The van der Waals surface area contributed by atoms with E-state index in [1.807, 2.05) is 33.9 Å². The van der Waals surface area contributed by atoms with Crippen LogP contribution < -0.4 is 0 Å². The van der Waals surface area contributed by atoms with E-state index in [9.17, 15) is 9.59 Å². The number of Topliss-reactive ketones (excluding diaryl/α,β-unsaturated/α-hetero) is 1. The molecule has 0 saturated heterocycles. The van der Waals surface area contributed by atoms with Crippen molar-refractivity contribution >= 4 is 11.8 Å². The molecule has 23 heavy (non-hydrogen) atoms. The van der Waals surface area contributed by atoms with Gasteiger partial charge in [0.05, 0.1) is 6.42 Å². The Labute approximate surface area is 139 Å². The largest absolute Gasteiger partial charge is 0.460 e. The summed E-state index contributed by atoms with van der Waals surface area (Å²) < 4.78 is 7.64. The third-order valence-corrected chi connectivity index (χ3v) is 4.40. The zero-order valence-corrected chi connectivity index (χ0v) is 15.1. The first-order chi connectivity index (χ1) is 10.8. The van der Waals surface area contributed by atoms with Crippen molar-refractivity contribution in [2.75, 3.05) is 0 Å². The van der Waals surface area contributed by atoms with Crippen LogP contribution in [0.3, 0.4) is 0 Å². The second-order valence-electron chi connectivity index (χ2n) is 7.34. The van der Waals surface area contributed by atoms with Crippen LogP contribution in [-0.4, -0.2) is 21.9 Å². The molecular formula is C19H29NO3. The van der Waals surface area contributed by atoms with Crippen LogP contribution in [0.2, 0.25) is 0 Å². The van der Waals surface area contributed by atoms with E-state index in [0.29, 0.717) is 12.8 Å². The lowest BCUT2D eigenvalue weighted by Crippen LogP contribution is -2.27. The highest BCUT2D eigenvalue weighted by molar-refractivity contribution is 5.97. The van der Waals surface area contributed by atoms with Gasteiger partial charge in [0, 0.05) is 29.9 Å². The van der Waals surface area contributed by atoms with E-state index in [1.54, 1.807) is 0 Å². The van der Waals surface area contributed by atoms with Gasteiger partial charge < -0.3 is 9.30 Å². The Morgan fingerprint density at radius 3 is 2.57 bits per heavy atom. The Bertz CT molecular complexity index is 592. The van der Waals surface area contributed by atoms with E-state index < -0.39 is 5.60 Å². The van der Waals surface area contributed by atoms with Crippen molar-refractivity contribution in [3.63, 3.8) is 0 Å². The number of hydrogen-bond acceptors (Lipinski definition) is 3. The van der Waals surface area contributed by atoms with E-state index in [-0.39, 0.29) is 17.8 Å². The Morgan fingerprint density at radius 2 is 2.00 bits per heavy atom. The summed E-state index contributed by atoms with van der Waals surface area (Å²) in [5.41, 5.74) is 2.80. The molecule has 1 aromatic heterocycles. The van der Waals surface area contributed by atoms with Crippen LogP contribution in [0, 0.1) is 0 Å². The molecule has 0 bridgehead atoms. The van der Waals surface area contributed by atoms with E-state index in [2.05, 4.69) is 11.5 Å². The molecule has 0 aliphatic carbocycles. The number of rotatable bonds is 5. The van der Waals surface area contributed by atoms with Crippen LogP contribution in [0.1, 0.15) is 88.0 Å². The fourth-order valence-corrected chi connectivity index (χ4v) is 3.46. The summed E-state index contributed by atoms with van der Waals surface area (Å²) in [6.07, 6.45) is 6.75. The number of nitrogens with zero attached hydrogens (tertiary/aromatic N) is 1. The normalized spacial score (nSPS) is 17.7. The lowest BCUT2D eigenvalue weighted by Gasteiger charge is -2.28. The summed E-state index contributed by atoms with van der Waals surface area (Å²) in [6.45, 7) is 9.66. The van der Waals surface area contributed by atoms with E-state index in [4.69, 9.17) is 4.74 Å². The molecule has 0 N–H and O–H groups in total. The number of ether oxygens (including phenoxy) is 1. The number of fused-ring (bicyclic) bond motifs is 1. The van der Waals surface area contributed by atoms with Crippen LogP contribution in [0.4, 0.5) is 0 Å². The molecule has 0 radical (unpaired) electrons. The zero-order valence-electron chi connectivity index (χ0n) is 15.1. The maximum atomic E-state index is 12.2. The van der Waals surface area contributed by atoms with Gasteiger partial charge in [0.25, 0.3) is 0 Å². The van der Waals surface area contributed by atoms with Gasteiger partial charge in [-0.2, -0.15) is 0 Å². The second-order valence-corrected chi connectivity index (χ2v) is 7.34. The number of ketones is 1. The van der Waals surface area contributed by atoms with Crippen LogP contribution >= 0.6 is 0 Å². The molecule has 0 unspecified atom stereocenters. The lowest BCUT2D eigenvalue weighted by atomic mass is 9.96. The van der Waals surface area contributed by atoms with Gasteiger partial charge in [-0.05, 0) is 52.0 Å². The molecule has 2 heterocycles. The maximum absolute atomic E-state index is 12.2. The first kappa shape index (κ1) is 17.8. The molecule has 0 spiro atoms. The minimum Gasteiger partial charge on any atom is -0.460 e. The Hall–Kier alpha value is -1.58. The summed E-state index contributed by atoms with van der Waals surface area (Å²) in [6, 6.07) is 0.109. The van der Waals surface area contributed by atoms with E-state index in [1.165, 1.54) is 11.3 Å². The Kier molecular flexibility index (Phi) is 5.33. The van der Waals surface area contributed by atoms with Crippen molar-refractivity contribution in [2.24, 2.45) is 0 Å². The highest BCUT2D eigenvalue weighted by Crippen LogP contribution is 2.33. The SMILES string of the molecule is CCC(=O)c1cn2c(c1CC)CCC[C@H]2CC(=O)OC(C)(C)C. The monoisotopic (exact) mass is 319 g/mol. The Morgan fingerprint density at radius 1 is 1.30 bits per heavy atom. The highest BCUT2D eigenvalue weighted by atomic mass is 16.6. The standard InChI is InChI=1S/C19H29NO3/c1-6-14-15(17(21)7-2)12-20-13(9-8-10-16(14)20)11-18(22)23-19(3,4)5/h12-13H,6-11H2,1-5H3/t13-/m0/s1. The van der Waals surface area contributed by atoms with Gasteiger partial charge in [0.1, 0.15) is 5.60 Å². The minimum absolute atomic E-state index is 0.109. The predicted molar refractivity (Wildman–Crippen MR) is 90.9 cm³/mol. The van der Waals surface area contributed by atoms with Crippen molar-refractivity contribution in [1.82, 2.24) is 4.57 Å². The molecular weight excluding hydrogens is 290 g/mol. The molecule has 1 atom stereocenters. The minimum atomic E-state index is -0.455. The smallest absolute Gasteiger partial charge is 0.308 e. The summed E-state index contributed by atoms with van der Waals surface area (Å²) in [5.74, 6) is 0.0326. The zero-order chi connectivity index (χ0) is 17.2. The van der Waals surface area contributed by atoms with Gasteiger partial charge in [-0.15, -0.1) is 0 Å². The van der Waals surface area contributed by atoms with Gasteiger partial charge >= 0.3 is 5.97 Å². The molecule has 0 amide bonds. The average molecular weight is 319 g/mol. The van der Waals surface area contributed by atoms with Gasteiger partial charge in [-0.1, -0.05) is 13.8 Å². The van der Waals surface area contributed by atoms with Crippen molar-refractivity contribution in [3.8, 4) is 0 Å². The third-order valence-electron chi connectivity index (χ3n) is 4.40. The molecule has 1 aliphatic heterocycles. The Balaban J connectivity index is 2.27. The van der Waals surface area contributed by atoms with Gasteiger partial charge in [-0.3, -0.25) is 9.59 Å². The van der Waals surface area contributed by atoms with Crippen LogP contribution in [0.15, 0.2) is 6.20 Å². The number of esters is 1. The van der Waals surface area contributed by atoms with Gasteiger partial charge in [0.2, 0.25) is 0 Å². The average Bonchev–Trinajstić information content (AvgIpc) is 2.84. The molecule has 0 fully saturated rings. The highest BCUT2D eigenvalue weighted by Gasteiger charge is 2.28. The third kappa shape index (κ3) is 4.04. The lowest BCUT2D eigenvalue weighted by molar-refractivity contribution is -0.155. The number of aromatic nitrogens is 1. The predicted octanol–water partition coefficient (Wildman–Crippen LogP) is 4.25. The molecule has 1 aromatic rings. The van der Waals surface area contributed by atoms with Crippen molar-refractivity contribution in [1.29, 1.82) is 0 Å². The summed E-state index contributed by atoms with van der Waals surface area (Å²) in [4.78, 5) is 24.4. The number of carbonyl (C=O) groups is 2. The summed E-state index contributed by atoms with van der Waals surface area (Å²) in [5, 5.41) is 0. The molecule has 128 valence electrons. The second kappa shape index (κ2) is 6.90. The van der Waals surface area contributed by atoms with Crippen molar-refractivity contribution in [3.05, 3.63) is 23.0 Å². The first-order valence-corrected chi connectivity index (χ1v) is 8.74. The molecule has 4 nitrogen and oxygen atoms in total. The van der Waals surface area contributed by atoms with Gasteiger partial charge in [0.15, 0.2) is 5.78 Å². The quantitative estimate of drug-likeness (QED) is 0.602. The van der Waals surface area contributed by atoms with Crippen LogP contribution in [0.5, 0.6) is 0 Å². The van der Waals surface area contributed by atoms with Crippen molar-refractivity contribution < 1.29 is 14.3 Å². The number of hydrogen-bond donors (Lipinski definition) is 0. The summed E-state index contributed by atoms with van der Waals surface area (Å²) >= 11 is 0. The summed E-state index contributed by atoms with van der Waals surface area (Å²) in [7, 11) is 0. The van der Waals surface area contributed by atoms with Gasteiger partial charge in [-0.25, -0.2) is 0 Å². The van der Waals surface area contributed by atoms with Crippen molar-refractivity contribution in [2.45, 2.75) is 84.8 Å². The molecule has 1 aliphatic rings. The molecule has 4 heteroatoms. The molecule has 2 rings (SSSR count). The fourth-order valence-electron chi connectivity index (χ4n) is 3.46. The topological polar surface area (TPSA) is 48.3 Å². The fraction of sp³-hybridized carbons (Fsp3) is 0.684. The molecule has 0 saturated carbocycles. The maximum Gasteiger partial charge on any atom is 0.308 e. The van der Waals surface area contributed by atoms with E-state index >= 15 is 0 Å². The van der Waals surface area contributed by atoms with Crippen LogP contribution in [0.25, 0.3) is 0 Å². The van der Waals surface area contributed by atoms with E-state index in [0.717, 1.165) is 31.2 Å².